The first-order valence-corrected chi connectivity index (χ1v) is 6.63. The first-order chi connectivity index (χ1) is 7.21. The molecule has 1 rings (SSSR count). The number of imidazole rings is 1. The molecule has 0 spiro atoms. The van der Waals surface area contributed by atoms with Crippen LogP contribution < -0.4 is 0 Å². The molecule has 0 saturated heterocycles. The lowest BCUT2D eigenvalue weighted by molar-refractivity contribution is 0.0689. The lowest BCUT2D eigenvalue weighted by atomic mass is 10.1. The Hall–Kier alpha value is -1.37. The van der Waals surface area contributed by atoms with Crippen LogP contribution in [0.4, 0.5) is 0 Å². The van der Waals surface area contributed by atoms with Crippen molar-refractivity contribution in [2.45, 2.75) is 25.4 Å². The van der Waals surface area contributed by atoms with Gasteiger partial charge in [0.1, 0.15) is 0 Å². The Bertz CT molecular complexity index is 502. The molecule has 1 heterocycles. The van der Waals surface area contributed by atoms with Crippen molar-refractivity contribution >= 4 is 15.8 Å². The molecule has 16 heavy (non-hydrogen) atoms. The highest BCUT2D eigenvalue weighted by Gasteiger charge is 2.21. The van der Waals surface area contributed by atoms with Crippen molar-refractivity contribution in [3.63, 3.8) is 0 Å². The van der Waals surface area contributed by atoms with E-state index >= 15 is 0 Å². The molecule has 0 amide bonds. The van der Waals surface area contributed by atoms with Crippen LogP contribution in [0.25, 0.3) is 0 Å². The summed E-state index contributed by atoms with van der Waals surface area (Å²) in [7, 11) is -3.50. The fourth-order valence-corrected chi connectivity index (χ4v) is 1.86. The van der Waals surface area contributed by atoms with Gasteiger partial charge in [-0.25, -0.2) is 18.2 Å². The van der Waals surface area contributed by atoms with Gasteiger partial charge in [-0.3, -0.25) is 0 Å². The Morgan fingerprint density at radius 3 is 2.44 bits per heavy atom. The first-order valence-electron chi connectivity index (χ1n) is 4.74. The van der Waals surface area contributed by atoms with E-state index in [4.69, 9.17) is 5.11 Å². The largest absolute Gasteiger partial charge is 0.476 e. The van der Waals surface area contributed by atoms with Crippen LogP contribution in [0.1, 0.15) is 30.0 Å². The quantitative estimate of drug-likeness (QED) is 0.814. The van der Waals surface area contributed by atoms with E-state index in [0.29, 0.717) is 12.1 Å². The summed E-state index contributed by atoms with van der Waals surface area (Å²) in [6.45, 7) is 3.82. The molecule has 2 N–H and O–H groups in total. The van der Waals surface area contributed by atoms with Crippen LogP contribution in [0.3, 0.4) is 0 Å². The number of sulfone groups is 1. The summed E-state index contributed by atoms with van der Waals surface area (Å²) in [6.07, 6.45) is 1.43. The first kappa shape index (κ1) is 12.7. The van der Waals surface area contributed by atoms with Crippen LogP contribution in [-0.2, 0) is 16.3 Å². The summed E-state index contributed by atoms with van der Waals surface area (Å²) in [6, 6.07) is 0. The number of aromatic amines is 1. The lowest BCUT2D eigenvalue weighted by Gasteiger charge is -2.01. The van der Waals surface area contributed by atoms with Gasteiger partial charge in [0, 0.05) is 6.26 Å². The van der Waals surface area contributed by atoms with Crippen LogP contribution in [0.15, 0.2) is 5.16 Å². The van der Waals surface area contributed by atoms with Crippen molar-refractivity contribution < 1.29 is 18.3 Å². The predicted molar refractivity (Wildman–Crippen MR) is 57.2 cm³/mol. The number of aromatic nitrogens is 2. The van der Waals surface area contributed by atoms with Crippen molar-refractivity contribution in [2.75, 3.05) is 6.26 Å². The Balaban J connectivity index is 3.26. The number of carboxylic acids is 1. The van der Waals surface area contributed by atoms with Gasteiger partial charge in [0.15, 0.2) is 5.69 Å². The van der Waals surface area contributed by atoms with Crippen molar-refractivity contribution in [3.8, 4) is 0 Å². The Morgan fingerprint density at radius 1 is 1.50 bits per heavy atom. The summed E-state index contributed by atoms with van der Waals surface area (Å²) in [5.74, 6) is -1.01. The monoisotopic (exact) mass is 246 g/mol. The van der Waals surface area contributed by atoms with E-state index in [9.17, 15) is 13.2 Å². The van der Waals surface area contributed by atoms with E-state index in [1.54, 1.807) is 0 Å². The van der Waals surface area contributed by atoms with Crippen LogP contribution in [0, 0.1) is 5.92 Å². The molecule has 0 aliphatic carbocycles. The molecule has 0 aliphatic heterocycles. The van der Waals surface area contributed by atoms with Gasteiger partial charge in [0.05, 0.1) is 5.69 Å². The number of carboxylic acid groups (broad SMARTS) is 1. The number of rotatable bonds is 4. The fourth-order valence-electron chi connectivity index (χ4n) is 1.29. The van der Waals surface area contributed by atoms with Crippen molar-refractivity contribution in [3.05, 3.63) is 11.4 Å². The molecule has 0 bridgehead atoms. The number of nitrogens with zero attached hydrogens (tertiary/aromatic N) is 1. The summed E-state index contributed by atoms with van der Waals surface area (Å²) in [5.41, 5.74) is 0.136. The van der Waals surface area contributed by atoms with E-state index in [0.717, 1.165) is 6.26 Å². The van der Waals surface area contributed by atoms with E-state index < -0.39 is 15.8 Å². The molecular weight excluding hydrogens is 232 g/mol. The second-order valence-corrected chi connectivity index (χ2v) is 5.98. The third-order valence-electron chi connectivity index (χ3n) is 1.92. The highest BCUT2D eigenvalue weighted by Crippen LogP contribution is 2.14. The summed E-state index contributed by atoms with van der Waals surface area (Å²) < 4.78 is 22.4. The molecule has 1 aromatic rings. The average molecular weight is 246 g/mol. The van der Waals surface area contributed by atoms with Gasteiger partial charge in [0.2, 0.25) is 15.0 Å². The summed E-state index contributed by atoms with van der Waals surface area (Å²) >= 11 is 0. The van der Waals surface area contributed by atoms with Gasteiger partial charge < -0.3 is 10.1 Å². The minimum absolute atomic E-state index is 0.214. The highest BCUT2D eigenvalue weighted by atomic mass is 32.2. The molecule has 6 nitrogen and oxygen atoms in total. The minimum atomic E-state index is -3.50. The Kier molecular flexibility index (Phi) is 3.37. The van der Waals surface area contributed by atoms with Gasteiger partial charge in [-0.1, -0.05) is 13.8 Å². The molecule has 7 heteroatoms. The maximum atomic E-state index is 11.2. The fraction of sp³-hybridized carbons (Fsp3) is 0.556. The van der Waals surface area contributed by atoms with Crippen LogP contribution in [0.5, 0.6) is 0 Å². The van der Waals surface area contributed by atoms with Crippen LogP contribution in [-0.4, -0.2) is 35.7 Å². The maximum absolute atomic E-state index is 11.2. The van der Waals surface area contributed by atoms with Gasteiger partial charge in [0.25, 0.3) is 0 Å². The third kappa shape index (κ3) is 2.82. The van der Waals surface area contributed by atoms with Crippen LogP contribution in [0.2, 0.25) is 0 Å². The number of aromatic carboxylic acids is 1. The molecule has 0 atom stereocenters. The molecule has 0 aromatic carbocycles. The molecular formula is C9H14N2O4S. The number of carbonyl (C=O) groups is 1. The second-order valence-electron chi connectivity index (χ2n) is 4.04. The predicted octanol–water partition coefficient (Wildman–Crippen LogP) is 0.710. The van der Waals surface area contributed by atoms with Crippen molar-refractivity contribution in [2.24, 2.45) is 5.92 Å². The number of H-pyrrole nitrogens is 1. The molecule has 0 unspecified atom stereocenters. The number of nitrogens with one attached hydrogen (secondary N) is 1. The van der Waals surface area contributed by atoms with Gasteiger partial charge in [-0.05, 0) is 12.3 Å². The smallest absolute Gasteiger partial charge is 0.356 e. The van der Waals surface area contributed by atoms with E-state index in [1.807, 2.05) is 13.8 Å². The summed E-state index contributed by atoms with van der Waals surface area (Å²) in [4.78, 5) is 17.0. The third-order valence-corrected chi connectivity index (χ3v) is 2.82. The zero-order valence-electron chi connectivity index (χ0n) is 9.31. The Labute approximate surface area is 93.6 Å². The highest BCUT2D eigenvalue weighted by molar-refractivity contribution is 7.90. The standard InChI is InChI=1S/C9H14N2O4S/c1-5(2)4-6-7(8(12)13)11-9(10-6)16(3,14)15/h5H,4H2,1-3H3,(H,10,11)(H,12,13). The molecule has 0 radical (unpaired) electrons. The topological polar surface area (TPSA) is 100 Å². The maximum Gasteiger partial charge on any atom is 0.356 e. The average Bonchev–Trinajstić information content (AvgIpc) is 2.45. The lowest BCUT2D eigenvalue weighted by Crippen LogP contribution is -2.04. The molecule has 0 saturated carbocycles. The molecule has 0 aliphatic rings. The van der Waals surface area contributed by atoms with Gasteiger partial charge >= 0.3 is 5.97 Å². The zero-order chi connectivity index (χ0) is 12.5. The minimum Gasteiger partial charge on any atom is -0.476 e. The normalized spacial score (nSPS) is 12.0. The van der Waals surface area contributed by atoms with Gasteiger partial charge in [-0.15, -0.1) is 0 Å². The SMILES string of the molecule is CC(C)Cc1[nH]c(S(C)(=O)=O)nc1C(=O)O. The van der Waals surface area contributed by atoms with E-state index in [2.05, 4.69) is 9.97 Å². The van der Waals surface area contributed by atoms with Crippen molar-refractivity contribution in [1.82, 2.24) is 9.97 Å². The van der Waals surface area contributed by atoms with Gasteiger partial charge in [-0.2, -0.15) is 0 Å². The van der Waals surface area contributed by atoms with E-state index in [1.165, 1.54) is 0 Å². The zero-order valence-corrected chi connectivity index (χ0v) is 10.1. The summed E-state index contributed by atoms with van der Waals surface area (Å²) in [5, 5.41) is 8.59. The molecule has 1 aromatic heterocycles. The molecule has 0 fully saturated rings. The molecule has 90 valence electrons. The second kappa shape index (κ2) is 4.25. The number of hydrogen-bond donors (Lipinski definition) is 2. The van der Waals surface area contributed by atoms with E-state index in [-0.39, 0.29) is 16.8 Å². The van der Waals surface area contributed by atoms with Crippen molar-refractivity contribution in [1.29, 1.82) is 0 Å². The Morgan fingerprint density at radius 2 is 2.06 bits per heavy atom. The number of hydrogen-bond acceptors (Lipinski definition) is 4. The van der Waals surface area contributed by atoms with Crippen LogP contribution >= 0.6 is 0 Å².